The molecule has 0 radical (unpaired) electrons. The Morgan fingerprint density at radius 2 is 1.88 bits per heavy atom. The van der Waals surface area contributed by atoms with Crippen LogP contribution in [0.25, 0.3) is 0 Å². The fraction of sp³-hybridized carbons (Fsp3) is 0.250. The van der Waals surface area contributed by atoms with Crippen molar-refractivity contribution >= 4 is 23.2 Å². The van der Waals surface area contributed by atoms with Gasteiger partial charge in [-0.2, -0.15) is 13.2 Å². The fourth-order valence-corrected chi connectivity index (χ4v) is 2.20. The Bertz CT molecular complexity index is 693. The number of halogens is 4. The summed E-state index contributed by atoms with van der Waals surface area (Å²) in [7, 11) is 0. The predicted molar refractivity (Wildman–Crippen MR) is 85.6 cm³/mol. The lowest BCUT2D eigenvalue weighted by Gasteiger charge is -2.12. The lowest BCUT2D eigenvalue weighted by Crippen LogP contribution is -2.21. The summed E-state index contributed by atoms with van der Waals surface area (Å²) in [5.74, 6) is -0.382. The highest BCUT2D eigenvalue weighted by Gasteiger charge is 2.33. The van der Waals surface area contributed by atoms with Gasteiger partial charge in [0.15, 0.2) is 0 Å². The van der Waals surface area contributed by atoms with Gasteiger partial charge in [0.05, 0.1) is 10.6 Å². The fourth-order valence-electron chi connectivity index (χ4n) is 1.98. The average molecular weight is 358 g/mol. The molecule has 1 heterocycles. The number of hydrogen-bond donors (Lipinski definition) is 2. The minimum absolute atomic E-state index is 0.0610. The third-order valence-electron chi connectivity index (χ3n) is 3.16. The molecule has 0 atom stereocenters. The Morgan fingerprint density at radius 3 is 2.54 bits per heavy atom. The van der Waals surface area contributed by atoms with Crippen molar-refractivity contribution in [2.75, 3.05) is 11.9 Å². The number of carbonyl (C=O) groups is 1. The van der Waals surface area contributed by atoms with Crippen molar-refractivity contribution in [3.05, 3.63) is 58.9 Å². The summed E-state index contributed by atoms with van der Waals surface area (Å²) in [6.07, 6.45) is -1.09. The molecule has 8 heteroatoms. The van der Waals surface area contributed by atoms with E-state index in [2.05, 4.69) is 15.6 Å². The standard InChI is InChI=1S/C16H15ClF3N3O/c17-14-2-1-12(9-13(14)16(18,19)20)23-15(24)5-8-22-10-11-3-6-21-7-4-11/h1-4,6-7,9,22H,5,8,10H2,(H,23,24). The van der Waals surface area contributed by atoms with Crippen LogP contribution in [0.3, 0.4) is 0 Å². The van der Waals surface area contributed by atoms with Gasteiger partial charge in [-0.25, -0.2) is 0 Å². The lowest BCUT2D eigenvalue weighted by molar-refractivity contribution is -0.137. The zero-order chi connectivity index (χ0) is 17.6. The zero-order valence-corrected chi connectivity index (χ0v) is 13.3. The van der Waals surface area contributed by atoms with E-state index in [-0.39, 0.29) is 18.0 Å². The molecule has 0 spiro atoms. The Kier molecular flexibility index (Phi) is 6.16. The SMILES string of the molecule is O=C(CCNCc1ccncc1)Nc1ccc(Cl)c(C(F)(F)F)c1. The second-order valence-corrected chi connectivity index (χ2v) is 5.43. The Labute approximate surface area is 142 Å². The third-order valence-corrected chi connectivity index (χ3v) is 3.49. The highest BCUT2D eigenvalue weighted by atomic mass is 35.5. The van der Waals surface area contributed by atoms with Crippen molar-refractivity contribution in [2.45, 2.75) is 19.1 Å². The molecule has 0 aliphatic carbocycles. The van der Waals surface area contributed by atoms with Crippen molar-refractivity contribution in [1.29, 1.82) is 0 Å². The van der Waals surface area contributed by atoms with Gasteiger partial charge in [0, 0.05) is 37.6 Å². The van der Waals surface area contributed by atoms with E-state index in [0.717, 1.165) is 17.7 Å². The van der Waals surface area contributed by atoms with Gasteiger partial charge in [0.2, 0.25) is 5.91 Å². The molecular formula is C16H15ClF3N3O. The van der Waals surface area contributed by atoms with Gasteiger partial charge in [-0.1, -0.05) is 11.6 Å². The topological polar surface area (TPSA) is 54.0 Å². The summed E-state index contributed by atoms with van der Waals surface area (Å²) < 4.78 is 38.3. The maximum atomic E-state index is 12.8. The third kappa shape index (κ3) is 5.50. The number of anilines is 1. The van der Waals surface area contributed by atoms with E-state index in [0.29, 0.717) is 13.1 Å². The molecule has 0 aliphatic rings. The normalized spacial score (nSPS) is 11.3. The van der Waals surface area contributed by atoms with E-state index in [9.17, 15) is 18.0 Å². The minimum atomic E-state index is -4.57. The number of nitrogens with zero attached hydrogens (tertiary/aromatic N) is 1. The molecule has 4 nitrogen and oxygen atoms in total. The maximum Gasteiger partial charge on any atom is 0.417 e. The van der Waals surface area contributed by atoms with E-state index in [4.69, 9.17) is 11.6 Å². The summed E-state index contributed by atoms with van der Waals surface area (Å²) >= 11 is 5.53. The van der Waals surface area contributed by atoms with Crippen LogP contribution in [-0.4, -0.2) is 17.4 Å². The van der Waals surface area contributed by atoms with E-state index in [1.165, 1.54) is 6.07 Å². The molecule has 2 rings (SSSR count). The largest absolute Gasteiger partial charge is 0.417 e. The summed E-state index contributed by atoms with van der Waals surface area (Å²) in [4.78, 5) is 15.7. The van der Waals surface area contributed by atoms with Gasteiger partial charge in [-0.15, -0.1) is 0 Å². The molecule has 128 valence electrons. The van der Waals surface area contributed by atoms with Crippen molar-refractivity contribution in [2.24, 2.45) is 0 Å². The van der Waals surface area contributed by atoms with Gasteiger partial charge >= 0.3 is 6.18 Å². The number of aromatic nitrogens is 1. The van der Waals surface area contributed by atoms with Crippen LogP contribution in [0.4, 0.5) is 18.9 Å². The van der Waals surface area contributed by atoms with Gasteiger partial charge in [-0.3, -0.25) is 9.78 Å². The Hall–Kier alpha value is -2.12. The summed E-state index contributed by atoms with van der Waals surface area (Å²) in [6.45, 7) is 0.975. The van der Waals surface area contributed by atoms with Crippen LogP contribution in [0.1, 0.15) is 17.5 Å². The Balaban J connectivity index is 1.82. The number of pyridine rings is 1. The molecule has 0 aliphatic heterocycles. The number of nitrogens with one attached hydrogen (secondary N) is 2. The average Bonchev–Trinajstić information content (AvgIpc) is 2.53. The molecule has 1 amide bonds. The molecule has 2 N–H and O–H groups in total. The van der Waals surface area contributed by atoms with Crippen molar-refractivity contribution in [1.82, 2.24) is 10.3 Å². The highest BCUT2D eigenvalue weighted by molar-refractivity contribution is 6.31. The van der Waals surface area contributed by atoms with Crippen LogP contribution in [0.2, 0.25) is 5.02 Å². The predicted octanol–water partition coefficient (Wildman–Crippen LogP) is 3.87. The van der Waals surface area contributed by atoms with Gasteiger partial charge in [0.1, 0.15) is 0 Å². The molecule has 0 saturated heterocycles. The van der Waals surface area contributed by atoms with Crippen LogP contribution in [0.15, 0.2) is 42.7 Å². The van der Waals surface area contributed by atoms with Crippen molar-refractivity contribution in [3.8, 4) is 0 Å². The number of benzene rings is 1. The first-order valence-electron chi connectivity index (χ1n) is 7.12. The highest BCUT2D eigenvalue weighted by Crippen LogP contribution is 2.36. The number of alkyl halides is 3. The van der Waals surface area contributed by atoms with Crippen LogP contribution in [0, 0.1) is 0 Å². The quantitative estimate of drug-likeness (QED) is 0.772. The summed E-state index contributed by atoms with van der Waals surface area (Å²) in [5, 5.41) is 5.10. The molecule has 0 fully saturated rings. The lowest BCUT2D eigenvalue weighted by atomic mass is 10.2. The number of rotatable bonds is 6. The molecule has 0 saturated carbocycles. The Morgan fingerprint density at radius 1 is 1.17 bits per heavy atom. The zero-order valence-electron chi connectivity index (χ0n) is 12.5. The molecular weight excluding hydrogens is 343 g/mol. The number of carbonyl (C=O) groups excluding carboxylic acids is 1. The molecule has 0 bridgehead atoms. The number of amides is 1. The molecule has 2 aromatic rings. The van der Waals surface area contributed by atoms with E-state index < -0.39 is 16.8 Å². The van der Waals surface area contributed by atoms with Crippen LogP contribution >= 0.6 is 11.6 Å². The monoisotopic (exact) mass is 357 g/mol. The first-order valence-corrected chi connectivity index (χ1v) is 7.50. The minimum Gasteiger partial charge on any atom is -0.326 e. The van der Waals surface area contributed by atoms with Crippen molar-refractivity contribution < 1.29 is 18.0 Å². The summed E-state index contributed by atoms with van der Waals surface area (Å²) in [5.41, 5.74) is 0.113. The van der Waals surface area contributed by atoms with Gasteiger partial charge < -0.3 is 10.6 Å². The van der Waals surface area contributed by atoms with E-state index in [1.807, 2.05) is 12.1 Å². The smallest absolute Gasteiger partial charge is 0.326 e. The second-order valence-electron chi connectivity index (χ2n) is 5.02. The molecule has 1 aromatic heterocycles. The summed E-state index contributed by atoms with van der Waals surface area (Å²) in [6, 6.07) is 6.96. The first-order chi connectivity index (χ1) is 11.4. The van der Waals surface area contributed by atoms with Gasteiger partial charge in [0.25, 0.3) is 0 Å². The maximum absolute atomic E-state index is 12.8. The van der Waals surface area contributed by atoms with Crippen LogP contribution < -0.4 is 10.6 Å². The molecule has 24 heavy (non-hydrogen) atoms. The number of hydrogen-bond acceptors (Lipinski definition) is 3. The second kappa shape index (κ2) is 8.12. The molecule has 1 aromatic carbocycles. The van der Waals surface area contributed by atoms with E-state index in [1.54, 1.807) is 12.4 Å². The van der Waals surface area contributed by atoms with Crippen LogP contribution in [0.5, 0.6) is 0 Å². The first kappa shape index (κ1) is 18.2. The molecule has 0 unspecified atom stereocenters. The van der Waals surface area contributed by atoms with Crippen molar-refractivity contribution in [3.63, 3.8) is 0 Å². The van der Waals surface area contributed by atoms with E-state index >= 15 is 0 Å². The van der Waals surface area contributed by atoms with Crippen LogP contribution in [-0.2, 0) is 17.5 Å². The van der Waals surface area contributed by atoms with Gasteiger partial charge in [-0.05, 0) is 35.9 Å².